The van der Waals surface area contributed by atoms with E-state index in [4.69, 9.17) is 9.47 Å². The quantitative estimate of drug-likeness (QED) is 0.882. The number of nitrogens with zero attached hydrogens (tertiary/aromatic N) is 1. The van der Waals surface area contributed by atoms with Crippen molar-refractivity contribution in [2.75, 3.05) is 13.7 Å². The third-order valence-electron chi connectivity index (χ3n) is 3.33. The van der Waals surface area contributed by atoms with Crippen LogP contribution in [0.25, 0.3) is 0 Å². The summed E-state index contributed by atoms with van der Waals surface area (Å²) >= 11 is 0. The molecular weight excluding hydrogens is 266 g/mol. The van der Waals surface area contributed by atoms with Gasteiger partial charge in [0.15, 0.2) is 0 Å². The van der Waals surface area contributed by atoms with E-state index in [-0.39, 0.29) is 12.7 Å². The molecule has 1 atom stereocenters. The van der Waals surface area contributed by atoms with Gasteiger partial charge in [-0.15, -0.1) is 0 Å². The highest BCUT2D eigenvalue weighted by Crippen LogP contribution is 2.35. The van der Waals surface area contributed by atoms with E-state index in [9.17, 15) is 5.11 Å². The van der Waals surface area contributed by atoms with Gasteiger partial charge in [0.2, 0.25) is 5.88 Å². The first-order valence-corrected chi connectivity index (χ1v) is 6.90. The van der Waals surface area contributed by atoms with Crippen LogP contribution in [0.4, 0.5) is 0 Å². The van der Waals surface area contributed by atoms with Crippen LogP contribution >= 0.6 is 0 Å². The van der Waals surface area contributed by atoms with E-state index in [0.29, 0.717) is 5.88 Å². The Morgan fingerprint density at radius 3 is 2.43 bits per heavy atom. The predicted molar refractivity (Wildman–Crippen MR) is 81.4 cm³/mol. The van der Waals surface area contributed by atoms with Crippen molar-refractivity contribution >= 4 is 0 Å². The molecule has 1 heterocycles. The minimum Gasteiger partial charge on any atom is -0.439 e. The lowest BCUT2D eigenvalue weighted by Crippen LogP contribution is -2.28. The van der Waals surface area contributed by atoms with E-state index in [1.807, 2.05) is 56.3 Å². The molecule has 0 aliphatic rings. The number of pyridine rings is 1. The number of methoxy groups -OCH3 is 1. The molecule has 4 nitrogen and oxygen atoms in total. The SMILES string of the molecule is COC(c1cccc(Oc2ccccc2)n1)C(C)(C)CO. The van der Waals surface area contributed by atoms with Crippen molar-refractivity contribution in [2.45, 2.75) is 20.0 Å². The molecule has 0 fully saturated rings. The average Bonchev–Trinajstić information content (AvgIpc) is 2.49. The fourth-order valence-corrected chi connectivity index (χ4v) is 2.17. The Morgan fingerprint density at radius 1 is 1.10 bits per heavy atom. The van der Waals surface area contributed by atoms with E-state index in [1.165, 1.54) is 0 Å². The van der Waals surface area contributed by atoms with Gasteiger partial charge in [-0.1, -0.05) is 38.1 Å². The molecule has 0 aliphatic carbocycles. The molecule has 4 heteroatoms. The molecule has 0 spiro atoms. The molecule has 1 aromatic heterocycles. The molecule has 0 radical (unpaired) electrons. The molecule has 0 saturated heterocycles. The molecule has 2 aromatic rings. The lowest BCUT2D eigenvalue weighted by Gasteiger charge is -2.31. The summed E-state index contributed by atoms with van der Waals surface area (Å²) < 4.78 is 11.3. The first-order valence-electron chi connectivity index (χ1n) is 6.90. The van der Waals surface area contributed by atoms with Crippen molar-refractivity contribution in [1.82, 2.24) is 4.98 Å². The van der Waals surface area contributed by atoms with Crippen LogP contribution in [-0.4, -0.2) is 23.8 Å². The zero-order valence-electron chi connectivity index (χ0n) is 12.6. The normalized spacial score (nSPS) is 13.0. The van der Waals surface area contributed by atoms with Crippen LogP contribution in [0.1, 0.15) is 25.6 Å². The lowest BCUT2D eigenvalue weighted by atomic mass is 9.85. The van der Waals surface area contributed by atoms with Gasteiger partial charge in [0.25, 0.3) is 0 Å². The maximum absolute atomic E-state index is 9.52. The van der Waals surface area contributed by atoms with Crippen LogP contribution in [0.5, 0.6) is 11.6 Å². The summed E-state index contributed by atoms with van der Waals surface area (Å²) in [6.45, 7) is 3.89. The van der Waals surface area contributed by atoms with Crippen molar-refractivity contribution in [2.24, 2.45) is 5.41 Å². The summed E-state index contributed by atoms with van der Waals surface area (Å²) in [5.74, 6) is 1.24. The van der Waals surface area contributed by atoms with E-state index >= 15 is 0 Å². The number of aliphatic hydroxyl groups excluding tert-OH is 1. The number of aromatic nitrogens is 1. The number of ether oxygens (including phenoxy) is 2. The van der Waals surface area contributed by atoms with Crippen LogP contribution < -0.4 is 4.74 Å². The fourth-order valence-electron chi connectivity index (χ4n) is 2.17. The van der Waals surface area contributed by atoms with E-state index < -0.39 is 5.41 Å². The second-order valence-electron chi connectivity index (χ2n) is 5.58. The molecule has 21 heavy (non-hydrogen) atoms. The molecule has 1 N–H and O–H groups in total. The summed E-state index contributed by atoms with van der Waals surface area (Å²) in [4.78, 5) is 4.50. The van der Waals surface area contributed by atoms with Gasteiger partial charge in [-0.3, -0.25) is 0 Å². The van der Waals surface area contributed by atoms with Gasteiger partial charge in [0.05, 0.1) is 12.3 Å². The Balaban J connectivity index is 2.24. The number of rotatable bonds is 6. The van der Waals surface area contributed by atoms with Crippen LogP contribution in [-0.2, 0) is 4.74 Å². The molecule has 0 saturated carbocycles. The van der Waals surface area contributed by atoms with E-state index in [1.54, 1.807) is 13.2 Å². The van der Waals surface area contributed by atoms with Gasteiger partial charge in [0, 0.05) is 18.6 Å². The van der Waals surface area contributed by atoms with Crippen molar-refractivity contribution in [3.8, 4) is 11.6 Å². The Bertz CT molecular complexity index is 569. The Kier molecular flexibility index (Phi) is 4.94. The second-order valence-corrected chi connectivity index (χ2v) is 5.58. The van der Waals surface area contributed by atoms with Crippen LogP contribution in [0, 0.1) is 5.41 Å². The number of para-hydroxylation sites is 1. The predicted octanol–water partition coefficient (Wildman–Crippen LogP) is 3.58. The van der Waals surface area contributed by atoms with E-state index in [0.717, 1.165) is 11.4 Å². The van der Waals surface area contributed by atoms with Gasteiger partial charge in [0.1, 0.15) is 11.9 Å². The first-order chi connectivity index (χ1) is 10.1. The molecule has 1 aromatic carbocycles. The van der Waals surface area contributed by atoms with Crippen LogP contribution in [0.2, 0.25) is 0 Å². The third-order valence-corrected chi connectivity index (χ3v) is 3.33. The minimum atomic E-state index is -0.423. The topological polar surface area (TPSA) is 51.6 Å². The third kappa shape index (κ3) is 3.80. The highest BCUT2D eigenvalue weighted by Gasteiger charge is 2.31. The van der Waals surface area contributed by atoms with Gasteiger partial charge >= 0.3 is 0 Å². The van der Waals surface area contributed by atoms with Gasteiger partial charge in [-0.05, 0) is 18.2 Å². The zero-order chi connectivity index (χ0) is 15.3. The Morgan fingerprint density at radius 2 is 1.81 bits per heavy atom. The molecule has 1 unspecified atom stereocenters. The number of hydrogen-bond acceptors (Lipinski definition) is 4. The van der Waals surface area contributed by atoms with Gasteiger partial charge < -0.3 is 14.6 Å². The standard InChI is InChI=1S/C17H21NO3/c1-17(2,12-19)16(20-3)14-10-7-11-15(18-14)21-13-8-5-4-6-9-13/h4-11,16,19H,12H2,1-3H3. The van der Waals surface area contributed by atoms with Crippen LogP contribution in [0.3, 0.4) is 0 Å². The molecule has 0 bridgehead atoms. The van der Waals surface area contributed by atoms with E-state index in [2.05, 4.69) is 4.98 Å². The largest absolute Gasteiger partial charge is 0.439 e. The first kappa shape index (κ1) is 15.5. The summed E-state index contributed by atoms with van der Waals surface area (Å²) in [5, 5.41) is 9.52. The molecule has 112 valence electrons. The second kappa shape index (κ2) is 6.70. The lowest BCUT2D eigenvalue weighted by molar-refractivity contribution is -0.0282. The molecular formula is C17H21NO3. The summed E-state index contributed by atoms with van der Waals surface area (Å²) in [6, 6.07) is 15.1. The summed E-state index contributed by atoms with van der Waals surface area (Å²) in [5.41, 5.74) is 0.317. The summed E-state index contributed by atoms with van der Waals surface area (Å²) in [6.07, 6.45) is -0.304. The number of aliphatic hydroxyl groups is 1. The zero-order valence-corrected chi connectivity index (χ0v) is 12.6. The summed E-state index contributed by atoms with van der Waals surface area (Å²) in [7, 11) is 1.62. The van der Waals surface area contributed by atoms with Crippen molar-refractivity contribution in [3.63, 3.8) is 0 Å². The van der Waals surface area contributed by atoms with Crippen molar-refractivity contribution in [3.05, 3.63) is 54.2 Å². The average molecular weight is 287 g/mol. The monoisotopic (exact) mass is 287 g/mol. The highest BCUT2D eigenvalue weighted by atomic mass is 16.5. The van der Waals surface area contributed by atoms with Gasteiger partial charge in [-0.25, -0.2) is 4.98 Å². The maximum Gasteiger partial charge on any atom is 0.219 e. The minimum absolute atomic E-state index is 0.0109. The van der Waals surface area contributed by atoms with Crippen molar-refractivity contribution < 1.29 is 14.6 Å². The number of benzene rings is 1. The molecule has 0 aliphatic heterocycles. The molecule has 0 amide bonds. The molecule has 2 rings (SSSR count). The van der Waals surface area contributed by atoms with Gasteiger partial charge in [-0.2, -0.15) is 0 Å². The Hall–Kier alpha value is -1.91. The maximum atomic E-state index is 9.52. The highest BCUT2D eigenvalue weighted by molar-refractivity contribution is 5.27. The fraction of sp³-hybridized carbons (Fsp3) is 0.353. The number of hydrogen-bond donors (Lipinski definition) is 1. The van der Waals surface area contributed by atoms with Crippen molar-refractivity contribution in [1.29, 1.82) is 0 Å². The Labute approximate surface area is 125 Å². The smallest absolute Gasteiger partial charge is 0.219 e. The van der Waals surface area contributed by atoms with Crippen LogP contribution in [0.15, 0.2) is 48.5 Å².